The molecule has 0 unspecified atom stereocenters. The zero-order valence-electron chi connectivity index (χ0n) is 34.4. The van der Waals surface area contributed by atoms with Gasteiger partial charge in [0.05, 0.1) is 22.3 Å². The van der Waals surface area contributed by atoms with Crippen LogP contribution in [-0.4, -0.2) is 9.61 Å². The molecule has 2 aliphatic rings. The monoisotopic (exact) mass is 801 g/mol. The molecule has 0 bridgehead atoms. The van der Waals surface area contributed by atoms with Crippen molar-refractivity contribution in [2.45, 2.75) is 5.41 Å². The Morgan fingerprint density at radius 2 is 0.825 bits per heavy atom. The van der Waals surface area contributed by atoms with Crippen LogP contribution in [0.15, 0.2) is 237 Å². The highest BCUT2D eigenvalue weighted by Crippen LogP contribution is 2.63. The molecule has 13 rings (SSSR count). The Balaban J connectivity index is 1.17. The summed E-state index contributed by atoms with van der Waals surface area (Å²) in [6.07, 6.45) is 0. The van der Waals surface area contributed by atoms with E-state index in [2.05, 4.69) is 246 Å². The van der Waals surface area contributed by atoms with Gasteiger partial charge in [0, 0.05) is 38.8 Å². The second-order valence-electron chi connectivity index (χ2n) is 16.6. The van der Waals surface area contributed by atoms with Crippen molar-refractivity contribution in [2.75, 3.05) is 4.90 Å². The summed E-state index contributed by atoms with van der Waals surface area (Å²) in [5, 5.41) is 7.97. The lowest BCUT2D eigenvalue weighted by atomic mass is 9.70. The topological polar surface area (TPSA) is 20.5 Å². The molecule has 1 spiro atoms. The molecule has 0 saturated heterocycles. The number of hydrogen-bond donors (Lipinski definition) is 0. The maximum absolute atomic E-state index is 5.70. The predicted octanol–water partition coefficient (Wildman–Crippen LogP) is 15.3. The first kappa shape index (κ1) is 35.5. The molecule has 0 fully saturated rings. The Labute approximate surface area is 366 Å². The molecule has 294 valence electrons. The molecular weight excluding hydrogens is 763 g/mol. The highest BCUT2D eigenvalue weighted by atomic mass is 15.3. The molecule has 0 saturated carbocycles. The zero-order chi connectivity index (χ0) is 41.5. The third-order valence-corrected chi connectivity index (χ3v) is 13.4. The smallest absolute Gasteiger partial charge is 0.101 e. The zero-order valence-corrected chi connectivity index (χ0v) is 34.4. The first-order chi connectivity index (χ1) is 31.3. The molecule has 0 amide bonds. The normalized spacial score (nSPS) is 12.9. The fourth-order valence-corrected chi connectivity index (χ4v) is 10.9. The van der Waals surface area contributed by atoms with Crippen LogP contribution in [0.1, 0.15) is 22.3 Å². The number of pyridine rings is 1. The molecule has 2 heterocycles. The Hall–Kier alpha value is -8.27. The Morgan fingerprint density at radius 3 is 1.41 bits per heavy atom. The van der Waals surface area contributed by atoms with Gasteiger partial charge in [-0.2, -0.15) is 5.10 Å². The van der Waals surface area contributed by atoms with E-state index in [1.165, 1.54) is 44.5 Å². The molecule has 2 aliphatic carbocycles. The first-order valence-corrected chi connectivity index (χ1v) is 21.7. The van der Waals surface area contributed by atoms with Gasteiger partial charge in [0.25, 0.3) is 0 Å². The molecule has 0 aliphatic heterocycles. The van der Waals surface area contributed by atoms with E-state index in [1.54, 1.807) is 0 Å². The predicted molar refractivity (Wildman–Crippen MR) is 260 cm³/mol. The number of hydrogen-bond acceptors (Lipinski definition) is 2. The van der Waals surface area contributed by atoms with Gasteiger partial charge in [-0.25, -0.2) is 4.52 Å². The second kappa shape index (κ2) is 13.9. The van der Waals surface area contributed by atoms with Crippen molar-refractivity contribution in [1.29, 1.82) is 0 Å². The van der Waals surface area contributed by atoms with Crippen molar-refractivity contribution in [2.24, 2.45) is 0 Å². The summed E-state index contributed by atoms with van der Waals surface area (Å²) in [6, 6.07) is 86.3. The summed E-state index contributed by atoms with van der Waals surface area (Å²) in [6.45, 7) is 0. The van der Waals surface area contributed by atoms with E-state index in [0.717, 1.165) is 67.0 Å². The van der Waals surface area contributed by atoms with Crippen LogP contribution in [0.2, 0.25) is 0 Å². The van der Waals surface area contributed by atoms with Gasteiger partial charge in [0.1, 0.15) is 5.69 Å². The fourth-order valence-electron chi connectivity index (χ4n) is 10.9. The largest absolute Gasteiger partial charge is 0.308 e. The molecule has 3 nitrogen and oxygen atoms in total. The summed E-state index contributed by atoms with van der Waals surface area (Å²) in [4.78, 5) is 2.49. The molecule has 3 heteroatoms. The van der Waals surface area contributed by atoms with Gasteiger partial charge >= 0.3 is 0 Å². The SMILES string of the molecule is c1ccc(-c2nn3c(-c4ccccc4)c(N(c4ccccc4)c4ccc5c(c4)C4(c6ccccc6-c6ccccc64)c4ccccc4-5)c4ccccc4c3c2-c2ccccc2)cc1. The van der Waals surface area contributed by atoms with E-state index in [1.807, 2.05) is 0 Å². The maximum Gasteiger partial charge on any atom is 0.101 e. The summed E-state index contributed by atoms with van der Waals surface area (Å²) in [5.74, 6) is 0. The van der Waals surface area contributed by atoms with Crippen molar-refractivity contribution >= 4 is 33.4 Å². The highest BCUT2D eigenvalue weighted by Gasteiger charge is 2.51. The standard InChI is InChI=1S/C60H39N3/c1-5-21-40(22-6-1)55-56(41-23-7-2-8-24-41)61-63-57(42-25-9-3-10-26-42)59(50-33-14-13-32-49(50)58(55)63)62(43-27-11-4-12-28-43)44-37-38-48-47-31-17-20-36-53(47)60(54(48)39-44)51-34-18-15-29-45(51)46-30-16-19-35-52(46)60/h1-39H. The van der Waals surface area contributed by atoms with Gasteiger partial charge in [-0.3, -0.25) is 0 Å². The third-order valence-electron chi connectivity index (χ3n) is 13.4. The van der Waals surface area contributed by atoms with E-state index >= 15 is 0 Å². The van der Waals surface area contributed by atoms with Crippen LogP contribution in [0.25, 0.3) is 72.2 Å². The molecule has 0 atom stereocenters. The number of fused-ring (bicyclic) bond motifs is 13. The second-order valence-corrected chi connectivity index (χ2v) is 16.6. The minimum absolute atomic E-state index is 0.483. The van der Waals surface area contributed by atoms with Gasteiger partial charge in [-0.1, -0.05) is 212 Å². The van der Waals surface area contributed by atoms with E-state index in [0.29, 0.717) is 0 Å². The summed E-state index contributed by atoms with van der Waals surface area (Å²) < 4.78 is 2.24. The van der Waals surface area contributed by atoms with Crippen LogP contribution in [0.3, 0.4) is 0 Å². The Morgan fingerprint density at radius 1 is 0.365 bits per heavy atom. The number of benzene rings is 9. The quantitative estimate of drug-likeness (QED) is 0.167. The molecule has 2 aromatic heterocycles. The fraction of sp³-hybridized carbons (Fsp3) is 0.0167. The minimum atomic E-state index is -0.483. The van der Waals surface area contributed by atoms with E-state index in [9.17, 15) is 0 Å². The third kappa shape index (κ3) is 5.05. The van der Waals surface area contributed by atoms with Crippen molar-refractivity contribution in [1.82, 2.24) is 9.61 Å². The number of para-hydroxylation sites is 1. The summed E-state index contributed by atoms with van der Waals surface area (Å²) in [5.41, 5.74) is 20.6. The highest BCUT2D eigenvalue weighted by molar-refractivity contribution is 6.16. The molecule has 11 aromatic rings. The molecule has 9 aromatic carbocycles. The van der Waals surface area contributed by atoms with Crippen molar-refractivity contribution < 1.29 is 0 Å². The number of rotatable bonds is 6. The van der Waals surface area contributed by atoms with Gasteiger partial charge < -0.3 is 4.90 Å². The van der Waals surface area contributed by atoms with E-state index in [-0.39, 0.29) is 0 Å². The first-order valence-electron chi connectivity index (χ1n) is 21.7. The van der Waals surface area contributed by atoms with Crippen LogP contribution < -0.4 is 4.90 Å². The van der Waals surface area contributed by atoms with Crippen LogP contribution in [-0.2, 0) is 5.41 Å². The molecular formula is C60H39N3. The summed E-state index contributed by atoms with van der Waals surface area (Å²) >= 11 is 0. The van der Waals surface area contributed by atoms with Crippen molar-refractivity contribution in [3.63, 3.8) is 0 Å². The van der Waals surface area contributed by atoms with Crippen molar-refractivity contribution in [3.8, 4) is 55.9 Å². The summed E-state index contributed by atoms with van der Waals surface area (Å²) in [7, 11) is 0. The van der Waals surface area contributed by atoms with Crippen LogP contribution in [0.4, 0.5) is 17.1 Å². The number of nitrogens with zero attached hydrogens (tertiary/aromatic N) is 3. The van der Waals surface area contributed by atoms with Gasteiger partial charge in [0.15, 0.2) is 0 Å². The van der Waals surface area contributed by atoms with Crippen LogP contribution in [0, 0.1) is 0 Å². The molecule has 63 heavy (non-hydrogen) atoms. The lowest BCUT2D eigenvalue weighted by molar-refractivity contribution is 0.793. The average Bonchev–Trinajstić information content (AvgIpc) is 4.00. The van der Waals surface area contributed by atoms with Crippen LogP contribution in [0.5, 0.6) is 0 Å². The number of anilines is 3. The Bertz CT molecular complexity index is 3490. The number of aromatic nitrogens is 2. The average molecular weight is 802 g/mol. The van der Waals surface area contributed by atoms with Crippen molar-refractivity contribution in [3.05, 3.63) is 259 Å². The van der Waals surface area contributed by atoms with Crippen LogP contribution >= 0.6 is 0 Å². The molecule has 0 radical (unpaired) electrons. The van der Waals surface area contributed by atoms with E-state index < -0.39 is 5.41 Å². The molecule has 0 N–H and O–H groups in total. The van der Waals surface area contributed by atoms with Gasteiger partial charge in [-0.05, 0) is 74.3 Å². The maximum atomic E-state index is 5.70. The minimum Gasteiger partial charge on any atom is -0.308 e. The lowest BCUT2D eigenvalue weighted by Gasteiger charge is -2.33. The lowest BCUT2D eigenvalue weighted by Crippen LogP contribution is -2.26. The Kier molecular flexibility index (Phi) is 7.82. The van der Waals surface area contributed by atoms with Gasteiger partial charge in [0.2, 0.25) is 0 Å². The van der Waals surface area contributed by atoms with Gasteiger partial charge in [-0.15, -0.1) is 0 Å². The van der Waals surface area contributed by atoms with E-state index in [4.69, 9.17) is 5.10 Å².